The quantitative estimate of drug-likeness (QED) is 0.889. The van der Waals surface area contributed by atoms with Gasteiger partial charge in [0.25, 0.3) is 0 Å². The van der Waals surface area contributed by atoms with Gasteiger partial charge in [0.1, 0.15) is 17.4 Å². The molecular weight excluding hydrogens is 316 g/mol. The van der Waals surface area contributed by atoms with Crippen molar-refractivity contribution in [3.8, 4) is 6.07 Å². The summed E-state index contributed by atoms with van der Waals surface area (Å²) in [5.41, 5.74) is 0.847. The van der Waals surface area contributed by atoms with Crippen molar-refractivity contribution in [2.45, 2.75) is 70.7 Å². The van der Waals surface area contributed by atoms with Crippen molar-refractivity contribution >= 4 is 11.8 Å². The first-order chi connectivity index (χ1) is 11.8. The number of nitriles is 1. The largest absolute Gasteiger partial charge is 0.444 e. The Hall–Kier alpha value is -2.29. The van der Waals surface area contributed by atoms with E-state index in [0.717, 1.165) is 24.9 Å². The predicted octanol–water partition coefficient (Wildman–Crippen LogP) is 3.54. The molecule has 2 saturated heterocycles. The number of ether oxygens (including phenoxy) is 1. The molecule has 2 bridgehead atoms. The minimum absolute atomic E-state index is 0.194. The van der Waals surface area contributed by atoms with Crippen LogP contribution in [0.25, 0.3) is 0 Å². The summed E-state index contributed by atoms with van der Waals surface area (Å²) in [5.74, 6) is 0.310. The lowest BCUT2D eigenvalue weighted by atomic mass is 9.87. The van der Waals surface area contributed by atoms with Crippen LogP contribution in [0.2, 0.25) is 0 Å². The summed E-state index contributed by atoms with van der Waals surface area (Å²) in [4.78, 5) is 18.6. The molecular formula is C19H26N4O2. The highest BCUT2D eigenvalue weighted by Gasteiger charge is 2.48. The second kappa shape index (κ2) is 6.55. The van der Waals surface area contributed by atoms with E-state index in [1.165, 1.54) is 0 Å². The molecule has 4 atom stereocenters. The highest BCUT2D eigenvalue weighted by atomic mass is 16.6. The molecule has 1 N–H and O–H groups in total. The zero-order valence-corrected chi connectivity index (χ0v) is 15.3. The van der Waals surface area contributed by atoms with Crippen LogP contribution in [-0.4, -0.2) is 39.7 Å². The van der Waals surface area contributed by atoms with Crippen molar-refractivity contribution in [3.05, 3.63) is 24.0 Å². The first kappa shape index (κ1) is 17.5. The lowest BCUT2D eigenvalue weighted by Crippen LogP contribution is -2.55. The monoisotopic (exact) mass is 342 g/mol. The van der Waals surface area contributed by atoms with Crippen molar-refractivity contribution in [2.75, 3.05) is 5.32 Å². The number of hydrogen-bond acceptors (Lipinski definition) is 5. The molecule has 0 aromatic carbocycles. The Morgan fingerprint density at radius 2 is 2.20 bits per heavy atom. The van der Waals surface area contributed by atoms with Crippen LogP contribution in [0.5, 0.6) is 0 Å². The molecule has 134 valence electrons. The fourth-order valence-corrected chi connectivity index (χ4v) is 4.02. The number of anilines is 1. The molecule has 0 aliphatic carbocycles. The summed E-state index contributed by atoms with van der Waals surface area (Å²) in [6.45, 7) is 7.90. The van der Waals surface area contributed by atoms with Crippen molar-refractivity contribution in [2.24, 2.45) is 5.92 Å². The summed E-state index contributed by atoms with van der Waals surface area (Å²) in [6.07, 6.45) is 4.38. The van der Waals surface area contributed by atoms with Gasteiger partial charge in [-0.15, -0.1) is 0 Å². The van der Waals surface area contributed by atoms with Gasteiger partial charge in [0.15, 0.2) is 0 Å². The van der Waals surface area contributed by atoms with Gasteiger partial charge in [0.2, 0.25) is 0 Å². The van der Waals surface area contributed by atoms with Gasteiger partial charge in [0.05, 0.1) is 0 Å². The van der Waals surface area contributed by atoms with E-state index in [1.807, 2.05) is 31.7 Å². The summed E-state index contributed by atoms with van der Waals surface area (Å²) >= 11 is 0. The number of piperidine rings is 1. The van der Waals surface area contributed by atoms with Crippen LogP contribution in [0.15, 0.2) is 18.3 Å². The van der Waals surface area contributed by atoms with Gasteiger partial charge >= 0.3 is 6.09 Å². The summed E-state index contributed by atoms with van der Waals surface area (Å²) in [7, 11) is 0. The van der Waals surface area contributed by atoms with Crippen molar-refractivity contribution in [3.63, 3.8) is 0 Å². The lowest BCUT2D eigenvalue weighted by Gasteiger charge is -2.44. The molecule has 3 heterocycles. The zero-order valence-electron chi connectivity index (χ0n) is 15.3. The van der Waals surface area contributed by atoms with E-state index >= 15 is 0 Å². The van der Waals surface area contributed by atoms with Crippen LogP contribution >= 0.6 is 0 Å². The maximum atomic E-state index is 12.6. The highest BCUT2D eigenvalue weighted by molar-refractivity contribution is 5.70. The van der Waals surface area contributed by atoms with Crippen molar-refractivity contribution in [1.29, 1.82) is 5.26 Å². The smallest absolute Gasteiger partial charge is 0.410 e. The molecule has 0 radical (unpaired) electrons. The van der Waals surface area contributed by atoms with Crippen molar-refractivity contribution < 1.29 is 9.53 Å². The first-order valence-electron chi connectivity index (χ1n) is 8.92. The average molecular weight is 342 g/mol. The third-order valence-corrected chi connectivity index (χ3v) is 5.14. The van der Waals surface area contributed by atoms with E-state index in [1.54, 1.807) is 12.3 Å². The van der Waals surface area contributed by atoms with Crippen LogP contribution in [0.1, 0.15) is 52.7 Å². The van der Waals surface area contributed by atoms with Gasteiger partial charge in [-0.25, -0.2) is 9.78 Å². The molecule has 0 saturated carbocycles. The predicted molar refractivity (Wildman–Crippen MR) is 95.0 cm³/mol. The Morgan fingerprint density at radius 1 is 1.44 bits per heavy atom. The number of aromatic nitrogens is 1. The normalized spacial score (nSPS) is 28.4. The van der Waals surface area contributed by atoms with Crippen molar-refractivity contribution in [1.82, 2.24) is 9.88 Å². The van der Waals surface area contributed by atoms with Crippen LogP contribution in [-0.2, 0) is 4.74 Å². The summed E-state index contributed by atoms with van der Waals surface area (Å²) in [6, 6.07) is 6.41. The maximum Gasteiger partial charge on any atom is 0.410 e. The molecule has 2 aliphatic heterocycles. The van der Waals surface area contributed by atoms with E-state index < -0.39 is 5.60 Å². The number of amides is 1. The van der Waals surface area contributed by atoms with Gasteiger partial charge in [-0.2, -0.15) is 5.26 Å². The van der Waals surface area contributed by atoms with Gasteiger partial charge in [-0.3, -0.25) is 0 Å². The number of carbonyl (C=O) groups excluding carboxylic acids is 1. The maximum absolute atomic E-state index is 12.6. The summed E-state index contributed by atoms with van der Waals surface area (Å²) in [5, 5.41) is 12.5. The molecule has 1 aromatic heterocycles. The molecule has 6 heteroatoms. The Bertz CT molecular complexity index is 691. The molecule has 2 aliphatic rings. The third-order valence-electron chi connectivity index (χ3n) is 5.14. The lowest BCUT2D eigenvalue weighted by molar-refractivity contribution is -0.00150. The van der Waals surface area contributed by atoms with Gasteiger partial charge in [-0.05, 0) is 58.1 Å². The Labute approximate surface area is 149 Å². The fraction of sp³-hybridized carbons (Fsp3) is 0.632. The summed E-state index contributed by atoms with van der Waals surface area (Å²) < 4.78 is 5.61. The van der Waals surface area contributed by atoms with E-state index in [9.17, 15) is 4.79 Å². The minimum atomic E-state index is -0.473. The Kier molecular flexibility index (Phi) is 4.59. The van der Waals surface area contributed by atoms with Crippen LogP contribution in [0.3, 0.4) is 0 Å². The Balaban J connectivity index is 1.72. The van der Waals surface area contributed by atoms with E-state index in [-0.39, 0.29) is 24.2 Å². The number of pyridine rings is 1. The molecule has 0 spiro atoms. The number of fused-ring (bicyclic) bond motifs is 2. The molecule has 2 fully saturated rings. The number of nitrogens with zero attached hydrogens (tertiary/aromatic N) is 3. The number of nitrogens with one attached hydrogen (secondary N) is 1. The van der Waals surface area contributed by atoms with E-state index in [4.69, 9.17) is 10.00 Å². The molecule has 1 amide bonds. The number of rotatable bonds is 2. The molecule has 25 heavy (non-hydrogen) atoms. The topological polar surface area (TPSA) is 78.3 Å². The highest BCUT2D eigenvalue weighted by Crippen LogP contribution is 2.41. The second-order valence-corrected chi connectivity index (χ2v) is 8.07. The SMILES string of the molecule is CC1C(Nc2ccnc(C#N)c2)CC2CCC1N2C(=O)OC(C)(C)C. The fourth-order valence-electron chi connectivity index (χ4n) is 4.02. The average Bonchev–Trinajstić information content (AvgIpc) is 2.89. The second-order valence-electron chi connectivity index (χ2n) is 8.07. The minimum Gasteiger partial charge on any atom is -0.444 e. The van der Waals surface area contributed by atoms with E-state index in [2.05, 4.69) is 23.3 Å². The number of carbonyl (C=O) groups is 1. The number of hydrogen-bond donors (Lipinski definition) is 1. The van der Waals surface area contributed by atoms with Gasteiger partial charge < -0.3 is 15.0 Å². The van der Waals surface area contributed by atoms with Gasteiger partial charge in [-0.1, -0.05) is 6.92 Å². The molecule has 4 unspecified atom stereocenters. The van der Waals surface area contributed by atoms with Crippen LogP contribution in [0.4, 0.5) is 10.5 Å². The Morgan fingerprint density at radius 3 is 2.88 bits per heavy atom. The van der Waals surface area contributed by atoms with Crippen LogP contribution < -0.4 is 5.32 Å². The van der Waals surface area contributed by atoms with Crippen LogP contribution in [0, 0.1) is 17.2 Å². The standard InChI is InChI=1S/C19H26N4O2/c1-12-16(22-13-7-8-21-14(9-13)11-20)10-15-5-6-17(12)23(15)18(24)25-19(2,3)4/h7-9,12,15-17H,5-6,10H2,1-4H3,(H,21,22). The van der Waals surface area contributed by atoms with E-state index in [0.29, 0.717) is 11.6 Å². The molecule has 1 aromatic rings. The molecule has 3 rings (SSSR count). The molecule has 6 nitrogen and oxygen atoms in total. The third kappa shape index (κ3) is 3.71. The zero-order chi connectivity index (χ0) is 18.2. The first-order valence-corrected chi connectivity index (χ1v) is 8.92. The van der Waals surface area contributed by atoms with Gasteiger partial charge in [0, 0.05) is 30.0 Å².